The predicted octanol–water partition coefficient (Wildman–Crippen LogP) is 6.00. The van der Waals surface area contributed by atoms with E-state index in [1.54, 1.807) is 17.4 Å². The van der Waals surface area contributed by atoms with E-state index in [2.05, 4.69) is 39.6 Å². The van der Waals surface area contributed by atoms with Gasteiger partial charge in [0, 0.05) is 10.9 Å². The van der Waals surface area contributed by atoms with Crippen molar-refractivity contribution in [2.45, 2.75) is 35.8 Å². The fraction of sp³-hybridized carbons (Fsp3) is 0.333. The molecule has 1 aromatic heterocycles. The van der Waals surface area contributed by atoms with Gasteiger partial charge in [0.15, 0.2) is 0 Å². The number of thioether (sulfide) groups is 1. The minimum absolute atomic E-state index is 0.220. The van der Waals surface area contributed by atoms with Gasteiger partial charge in [-0.3, -0.25) is 0 Å². The molecular weight excluding hydrogens is 357 g/mol. The van der Waals surface area contributed by atoms with Crippen molar-refractivity contribution in [3.8, 4) is 0 Å². The molecule has 0 bridgehead atoms. The molecule has 1 nitrogen and oxygen atoms in total. The van der Waals surface area contributed by atoms with Crippen LogP contribution in [0, 0.1) is 12.7 Å². The van der Waals surface area contributed by atoms with Crippen LogP contribution in [0.4, 0.5) is 10.1 Å². The molecule has 2 aromatic rings. The third-order valence-corrected chi connectivity index (χ3v) is 6.46. The number of thiophene rings is 1. The van der Waals surface area contributed by atoms with E-state index in [4.69, 9.17) is 0 Å². The van der Waals surface area contributed by atoms with Crippen molar-refractivity contribution in [2.75, 3.05) is 5.32 Å². The molecular formula is C15H15BrFNS2. The van der Waals surface area contributed by atoms with Crippen LogP contribution in [0.2, 0.25) is 0 Å². The molecule has 5 heteroatoms. The molecule has 0 fully saturated rings. The van der Waals surface area contributed by atoms with E-state index in [0.717, 1.165) is 17.7 Å². The molecule has 0 saturated heterocycles. The quantitative estimate of drug-likeness (QED) is 0.694. The zero-order chi connectivity index (χ0) is 14.3. The van der Waals surface area contributed by atoms with Crippen LogP contribution >= 0.6 is 39.0 Å². The van der Waals surface area contributed by atoms with Crippen molar-refractivity contribution >= 4 is 44.7 Å². The molecule has 106 valence electrons. The van der Waals surface area contributed by atoms with Crippen LogP contribution in [0.25, 0.3) is 0 Å². The largest absolute Gasteiger partial charge is 0.378 e. The molecule has 1 aromatic carbocycles. The monoisotopic (exact) mass is 371 g/mol. The van der Waals surface area contributed by atoms with Crippen molar-refractivity contribution < 1.29 is 4.39 Å². The van der Waals surface area contributed by atoms with Crippen LogP contribution in [-0.4, -0.2) is 5.25 Å². The summed E-state index contributed by atoms with van der Waals surface area (Å²) in [4.78, 5) is 0. The summed E-state index contributed by atoms with van der Waals surface area (Å²) in [6.45, 7) is 4.25. The Bertz CT molecular complexity index is 641. The van der Waals surface area contributed by atoms with Gasteiger partial charge < -0.3 is 5.32 Å². The van der Waals surface area contributed by atoms with Crippen molar-refractivity contribution in [2.24, 2.45) is 0 Å². The number of nitrogens with one attached hydrogen (secondary N) is 1. The zero-order valence-corrected chi connectivity index (χ0v) is 14.5. The Morgan fingerprint density at radius 2 is 2.20 bits per heavy atom. The summed E-state index contributed by atoms with van der Waals surface area (Å²) in [5.74, 6) is -0.220. The summed E-state index contributed by atoms with van der Waals surface area (Å²) in [6.07, 6.45) is 1.06. The standard InChI is InChI=1S/C15H15BrFNS2/c1-8-5-11(16)12(17)7-13(8)18-14-6-9(2)20-15-10(14)3-4-19-15/h3-5,7,9,14,18H,6H2,1-2H3/t9-,14?/m0/s1. The van der Waals surface area contributed by atoms with E-state index >= 15 is 0 Å². The minimum atomic E-state index is -0.220. The SMILES string of the molecule is Cc1cc(Br)c(F)cc1NC1C[C@H](C)Sc2sccc21. The second kappa shape index (κ2) is 5.70. The fourth-order valence-electron chi connectivity index (χ4n) is 2.48. The number of fused-ring (bicyclic) bond motifs is 1. The number of halogens is 2. The van der Waals surface area contributed by atoms with E-state index in [0.29, 0.717) is 9.72 Å². The second-order valence-electron chi connectivity index (χ2n) is 5.11. The summed E-state index contributed by atoms with van der Waals surface area (Å²) in [5, 5.41) is 6.24. The smallest absolute Gasteiger partial charge is 0.139 e. The highest BCUT2D eigenvalue weighted by Gasteiger charge is 2.26. The van der Waals surface area contributed by atoms with Crippen LogP contribution in [-0.2, 0) is 0 Å². The van der Waals surface area contributed by atoms with E-state index < -0.39 is 0 Å². The van der Waals surface area contributed by atoms with Crippen LogP contribution in [0.1, 0.15) is 30.5 Å². The van der Waals surface area contributed by atoms with Gasteiger partial charge in [0.05, 0.1) is 14.7 Å². The lowest BCUT2D eigenvalue weighted by atomic mass is 10.0. The highest BCUT2D eigenvalue weighted by Crippen LogP contribution is 2.45. The Labute approximate surface area is 135 Å². The maximum atomic E-state index is 13.7. The first-order chi connectivity index (χ1) is 9.54. The van der Waals surface area contributed by atoms with Crippen molar-refractivity contribution in [3.63, 3.8) is 0 Å². The lowest BCUT2D eigenvalue weighted by Crippen LogP contribution is -2.19. The van der Waals surface area contributed by atoms with Gasteiger partial charge in [-0.25, -0.2) is 4.39 Å². The maximum Gasteiger partial charge on any atom is 0.139 e. The molecule has 3 rings (SSSR count). The van der Waals surface area contributed by atoms with Crippen LogP contribution in [0.15, 0.2) is 32.3 Å². The van der Waals surface area contributed by atoms with Gasteiger partial charge in [0.2, 0.25) is 0 Å². The van der Waals surface area contributed by atoms with Gasteiger partial charge in [-0.2, -0.15) is 0 Å². The average molecular weight is 372 g/mol. The van der Waals surface area contributed by atoms with Crippen molar-refractivity contribution in [1.82, 2.24) is 0 Å². The lowest BCUT2D eigenvalue weighted by Gasteiger charge is -2.29. The molecule has 1 N–H and O–H groups in total. The van der Waals surface area contributed by atoms with Gasteiger partial charge in [0.1, 0.15) is 5.82 Å². The number of aryl methyl sites for hydroxylation is 1. The molecule has 0 amide bonds. The number of benzene rings is 1. The molecule has 0 aliphatic carbocycles. The summed E-state index contributed by atoms with van der Waals surface area (Å²) >= 11 is 6.96. The molecule has 0 saturated carbocycles. The molecule has 0 spiro atoms. The molecule has 1 unspecified atom stereocenters. The molecule has 20 heavy (non-hydrogen) atoms. The van der Waals surface area contributed by atoms with Crippen LogP contribution in [0.3, 0.4) is 0 Å². The van der Waals surface area contributed by atoms with Gasteiger partial charge in [0.25, 0.3) is 0 Å². The first-order valence-corrected chi connectivity index (χ1v) is 9.06. The highest BCUT2D eigenvalue weighted by atomic mass is 79.9. The third-order valence-electron chi connectivity index (χ3n) is 3.51. The topological polar surface area (TPSA) is 12.0 Å². The number of hydrogen-bond donors (Lipinski definition) is 1. The number of hydrogen-bond acceptors (Lipinski definition) is 3. The fourth-order valence-corrected chi connectivity index (χ4v) is 5.50. The van der Waals surface area contributed by atoms with E-state index in [1.807, 2.05) is 24.8 Å². The summed E-state index contributed by atoms with van der Waals surface area (Å²) in [5.41, 5.74) is 3.29. The Morgan fingerprint density at radius 3 is 3.00 bits per heavy atom. The second-order valence-corrected chi connectivity index (χ2v) is 8.58. The molecule has 2 heterocycles. The molecule has 0 radical (unpaired) electrons. The zero-order valence-electron chi connectivity index (χ0n) is 11.2. The van der Waals surface area contributed by atoms with Crippen LogP contribution in [0.5, 0.6) is 0 Å². The first-order valence-electron chi connectivity index (χ1n) is 6.51. The average Bonchev–Trinajstić information content (AvgIpc) is 2.84. The Morgan fingerprint density at radius 1 is 1.40 bits per heavy atom. The minimum Gasteiger partial charge on any atom is -0.378 e. The van der Waals surface area contributed by atoms with Gasteiger partial charge in [-0.05, 0) is 64.0 Å². The summed E-state index contributed by atoms with van der Waals surface area (Å²) in [6, 6.07) is 5.86. The normalized spacial score (nSPS) is 21.6. The Kier molecular flexibility index (Phi) is 4.11. The summed E-state index contributed by atoms with van der Waals surface area (Å²) < 4.78 is 15.6. The van der Waals surface area contributed by atoms with E-state index in [9.17, 15) is 4.39 Å². The number of anilines is 1. The molecule has 1 aliphatic heterocycles. The Hall–Kier alpha value is -0.520. The van der Waals surface area contributed by atoms with Crippen LogP contribution < -0.4 is 5.32 Å². The van der Waals surface area contributed by atoms with Gasteiger partial charge >= 0.3 is 0 Å². The Balaban J connectivity index is 1.91. The van der Waals surface area contributed by atoms with Crippen molar-refractivity contribution in [3.05, 3.63) is 45.0 Å². The molecule has 1 aliphatic rings. The predicted molar refractivity (Wildman–Crippen MR) is 89.5 cm³/mol. The first kappa shape index (κ1) is 14.4. The number of rotatable bonds is 2. The molecule has 2 atom stereocenters. The van der Waals surface area contributed by atoms with E-state index in [1.165, 1.54) is 9.77 Å². The summed E-state index contributed by atoms with van der Waals surface area (Å²) in [7, 11) is 0. The maximum absolute atomic E-state index is 13.7. The van der Waals surface area contributed by atoms with Crippen molar-refractivity contribution in [1.29, 1.82) is 0 Å². The highest BCUT2D eigenvalue weighted by molar-refractivity contribution is 9.10. The van der Waals surface area contributed by atoms with Gasteiger partial charge in [-0.15, -0.1) is 23.1 Å². The van der Waals surface area contributed by atoms with E-state index in [-0.39, 0.29) is 11.9 Å². The van der Waals surface area contributed by atoms with Gasteiger partial charge in [-0.1, -0.05) is 6.92 Å². The lowest BCUT2D eigenvalue weighted by molar-refractivity contribution is 0.619. The third kappa shape index (κ3) is 2.76.